The van der Waals surface area contributed by atoms with Gasteiger partial charge in [0.15, 0.2) is 5.82 Å². The van der Waals surface area contributed by atoms with Crippen LogP contribution in [0.4, 0.5) is 4.39 Å². The van der Waals surface area contributed by atoms with Crippen molar-refractivity contribution < 1.29 is 23.4 Å². The molecule has 0 bridgehead atoms. The van der Waals surface area contributed by atoms with Gasteiger partial charge in [-0.1, -0.05) is 0 Å². The van der Waals surface area contributed by atoms with Crippen molar-refractivity contribution in [2.45, 2.75) is 24.5 Å². The van der Waals surface area contributed by atoms with Gasteiger partial charge in [-0.25, -0.2) is 9.37 Å². The predicted molar refractivity (Wildman–Crippen MR) is 75.0 cm³/mol. The van der Waals surface area contributed by atoms with E-state index in [1.807, 2.05) is 0 Å². The Labute approximate surface area is 128 Å². The van der Waals surface area contributed by atoms with Crippen LogP contribution in [0.25, 0.3) is 0 Å². The quantitative estimate of drug-likeness (QED) is 0.830. The first-order valence-corrected chi connectivity index (χ1v) is 7.30. The van der Waals surface area contributed by atoms with Crippen molar-refractivity contribution >= 4 is 5.91 Å². The molecule has 0 saturated carbocycles. The Bertz CT molecular complexity index is 548. The highest BCUT2D eigenvalue weighted by molar-refractivity contribution is 5.78. The van der Waals surface area contributed by atoms with Crippen LogP contribution in [0, 0.1) is 5.82 Å². The van der Waals surface area contributed by atoms with E-state index < -0.39 is 5.82 Å². The van der Waals surface area contributed by atoms with Gasteiger partial charge in [-0.2, -0.15) is 0 Å². The number of hydrogen-bond donors (Lipinski definition) is 0. The lowest BCUT2D eigenvalue weighted by Crippen LogP contribution is -2.68. The minimum Gasteiger partial charge on any atom is -0.472 e. The van der Waals surface area contributed by atoms with Gasteiger partial charge in [0.2, 0.25) is 5.91 Å². The molecule has 7 heteroatoms. The molecule has 3 heterocycles. The third kappa shape index (κ3) is 3.05. The Morgan fingerprint density at radius 2 is 2.41 bits per heavy atom. The molecule has 3 rings (SSSR count). The van der Waals surface area contributed by atoms with Crippen molar-refractivity contribution in [3.8, 4) is 5.88 Å². The molecule has 6 nitrogen and oxygen atoms in total. The summed E-state index contributed by atoms with van der Waals surface area (Å²) < 4.78 is 29.9. The minimum absolute atomic E-state index is 0.0242. The van der Waals surface area contributed by atoms with Crippen LogP contribution >= 0.6 is 0 Å². The molecule has 1 amide bonds. The topological polar surface area (TPSA) is 60.9 Å². The van der Waals surface area contributed by atoms with Gasteiger partial charge in [0.05, 0.1) is 19.7 Å². The molecule has 120 valence electrons. The number of nitrogens with zero attached hydrogens (tertiary/aromatic N) is 2. The van der Waals surface area contributed by atoms with Crippen molar-refractivity contribution in [2.75, 3.05) is 33.4 Å². The zero-order valence-corrected chi connectivity index (χ0v) is 12.5. The summed E-state index contributed by atoms with van der Waals surface area (Å²) in [5.41, 5.74) is -0.377. The van der Waals surface area contributed by atoms with Crippen molar-refractivity contribution in [1.82, 2.24) is 9.88 Å². The standard InChI is InChI=1S/C15H19FN2O4/c1-20-8-13(19)18-9-15(10-18)7-11(4-6-21-15)22-14-12(16)3-2-5-17-14/h2-3,5,11H,4,6-10H2,1H3/t11-/m0/s1. The van der Waals surface area contributed by atoms with Gasteiger partial charge < -0.3 is 19.1 Å². The average Bonchev–Trinajstić information content (AvgIpc) is 2.47. The summed E-state index contributed by atoms with van der Waals surface area (Å²) in [5, 5.41) is 0. The highest BCUT2D eigenvalue weighted by atomic mass is 19.1. The van der Waals surface area contributed by atoms with Crippen molar-refractivity contribution in [2.24, 2.45) is 0 Å². The molecule has 22 heavy (non-hydrogen) atoms. The van der Waals surface area contributed by atoms with E-state index in [2.05, 4.69) is 4.98 Å². The molecule has 0 unspecified atom stereocenters. The Morgan fingerprint density at radius 1 is 1.59 bits per heavy atom. The molecule has 2 fully saturated rings. The van der Waals surface area contributed by atoms with E-state index >= 15 is 0 Å². The third-order valence-corrected chi connectivity index (χ3v) is 4.03. The summed E-state index contributed by atoms with van der Waals surface area (Å²) in [4.78, 5) is 17.3. The van der Waals surface area contributed by atoms with Crippen LogP contribution in [-0.4, -0.2) is 60.9 Å². The highest BCUT2D eigenvalue weighted by Crippen LogP contribution is 2.35. The van der Waals surface area contributed by atoms with Gasteiger partial charge in [0.25, 0.3) is 5.88 Å². The molecule has 2 aliphatic rings. The number of carbonyl (C=O) groups excluding carboxylic acids is 1. The Balaban J connectivity index is 1.57. The number of methoxy groups -OCH3 is 1. The van der Waals surface area contributed by atoms with Gasteiger partial charge in [-0.05, 0) is 12.1 Å². The van der Waals surface area contributed by atoms with Crippen LogP contribution < -0.4 is 4.74 Å². The van der Waals surface area contributed by atoms with E-state index in [-0.39, 0.29) is 30.1 Å². The number of likely N-dealkylation sites (tertiary alicyclic amines) is 1. The zero-order valence-electron chi connectivity index (χ0n) is 12.5. The number of carbonyl (C=O) groups is 1. The Hall–Kier alpha value is -1.73. The average molecular weight is 310 g/mol. The lowest BCUT2D eigenvalue weighted by atomic mass is 9.84. The number of pyridine rings is 1. The number of halogens is 1. The summed E-state index contributed by atoms with van der Waals surface area (Å²) in [6, 6.07) is 2.85. The molecule has 0 aliphatic carbocycles. The van der Waals surface area contributed by atoms with E-state index in [1.165, 1.54) is 25.4 Å². The van der Waals surface area contributed by atoms with Crippen LogP contribution in [0.15, 0.2) is 18.3 Å². The molecule has 1 aromatic heterocycles. The molecule has 0 N–H and O–H groups in total. The van der Waals surface area contributed by atoms with E-state index in [4.69, 9.17) is 14.2 Å². The molecule has 0 aromatic carbocycles. The summed E-state index contributed by atoms with van der Waals surface area (Å²) in [5.74, 6) is -0.486. The third-order valence-electron chi connectivity index (χ3n) is 4.03. The van der Waals surface area contributed by atoms with Crippen LogP contribution in [0.5, 0.6) is 5.88 Å². The summed E-state index contributed by atoms with van der Waals surface area (Å²) >= 11 is 0. The lowest BCUT2D eigenvalue weighted by molar-refractivity contribution is -0.195. The SMILES string of the molecule is COCC(=O)N1CC2(C[C@@H](Oc3ncccc3F)CCO2)C1. The molecule has 1 spiro atoms. The number of amides is 1. The maximum atomic E-state index is 13.6. The summed E-state index contributed by atoms with van der Waals surface area (Å²) in [6.07, 6.45) is 2.66. The molecule has 2 aliphatic heterocycles. The second-order valence-electron chi connectivity index (χ2n) is 5.74. The first-order valence-electron chi connectivity index (χ1n) is 7.30. The van der Waals surface area contributed by atoms with Crippen molar-refractivity contribution in [1.29, 1.82) is 0 Å². The van der Waals surface area contributed by atoms with E-state index in [0.717, 1.165) is 0 Å². The first kappa shape index (κ1) is 15.2. The van der Waals surface area contributed by atoms with Crippen molar-refractivity contribution in [3.05, 3.63) is 24.1 Å². The number of hydrogen-bond acceptors (Lipinski definition) is 5. The van der Waals surface area contributed by atoms with Gasteiger partial charge in [-0.3, -0.25) is 4.79 Å². The van der Waals surface area contributed by atoms with Crippen LogP contribution in [-0.2, 0) is 14.3 Å². The molecular formula is C15H19FN2O4. The number of aromatic nitrogens is 1. The maximum absolute atomic E-state index is 13.6. The minimum atomic E-state index is -0.464. The lowest BCUT2D eigenvalue weighted by Gasteiger charge is -2.52. The van der Waals surface area contributed by atoms with E-state index in [9.17, 15) is 9.18 Å². The Morgan fingerprint density at radius 3 is 3.14 bits per heavy atom. The fourth-order valence-electron chi connectivity index (χ4n) is 2.96. The van der Waals surface area contributed by atoms with E-state index in [1.54, 1.807) is 4.90 Å². The summed E-state index contributed by atoms with van der Waals surface area (Å²) in [6.45, 7) is 1.67. The fourth-order valence-corrected chi connectivity index (χ4v) is 2.96. The van der Waals surface area contributed by atoms with Gasteiger partial charge in [-0.15, -0.1) is 0 Å². The number of ether oxygens (including phenoxy) is 3. The smallest absolute Gasteiger partial charge is 0.250 e. The number of rotatable bonds is 4. The van der Waals surface area contributed by atoms with E-state index in [0.29, 0.717) is 32.5 Å². The maximum Gasteiger partial charge on any atom is 0.250 e. The van der Waals surface area contributed by atoms with Gasteiger partial charge >= 0.3 is 0 Å². The van der Waals surface area contributed by atoms with Crippen LogP contribution in [0.1, 0.15) is 12.8 Å². The molecule has 1 aromatic rings. The largest absolute Gasteiger partial charge is 0.472 e. The zero-order chi connectivity index (χ0) is 15.6. The van der Waals surface area contributed by atoms with Crippen LogP contribution in [0.3, 0.4) is 0 Å². The molecular weight excluding hydrogens is 291 g/mol. The molecule has 0 radical (unpaired) electrons. The Kier molecular flexibility index (Phi) is 4.26. The molecule has 1 atom stereocenters. The molecule has 2 saturated heterocycles. The fraction of sp³-hybridized carbons (Fsp3) is 0.600. The normalized spacial score (nSPS) is 23.2. The predicted octanol–water partition coefficient (Wildman–Crippen LogP) is 1.01. The van der Waals surface area contributed by atoms with Crippen molar-refractivity contribution in [3.63, 3.8) is 0 Å². The second-order valence-corrected chi connectivity index (χ2v) is 5.74. The van der Waals surface area contributed by atoms with Crippen LogP contribution in [0.2, 0.25) is 0 Å². The summed E-state index contributed by atoms with van der Waals surface area (Å²) in [7, 11) is 1.50. The first-order chi connectivity index (χ1) is 10.6. The van der Waals surface area contributed by atoms with Gasteiger partial charge in [0, 0.05) is 26.1 Å². The monoisotopic (exact) mass is 310 g/mol. The van der Waals surface area contributed by atoms with Gasteiger partial charge in [0.1, 0.15) is 18.3 Å². The highest BCUT2D eigenvalue weighted by Gasteiger charge is 2.49. The second kappa shape index (κ2) is 6.18.